The van der Waals surface area contributed by atoms with Gasteiger partial charge in [0.2, 0.25) is 0 Å². The number of fused-ring (bicyclic) bond motifs is 1. The van der Waals surface area contributed by atoms with E-state index in [4.69, 9.17) is 4.98 Å². The zero-order valence-electron chi connectivity index (χ0n) is 18.0. The maximum Gasteiger partial charge on any atom is 0.283 e. The molecule has 0 atom stereocenters. The van der Waals surface area contributed by atoms with Crippen LogP contribution in [0.2, 0.25) is 0 Å². The van der Waals surface area contributed by atoms with Gasteiger partial charge in [-0.2, -0.15) is 0 Å². The Bertz CT molecular complexity index is 1430. The third-order valence-corrected chi connectivity index (χ3v) is 6.54. The van der Waals surface area contributed by atoms with E-state index in [1.165, 1.54) is 11.1 Å². The van der Waals surface area contributed by atoms with Crippen LogP contribution in [-0.4, -0.2) is 14.5 Å². The van der Waals surface area contributed by atoms with Crippen molar-refractivity contribution in [3.05, 3.63) is 112 Å². The van der Waals surface area contributed by atoms with Crippen molar-refractivity contribution in [2.75, 3.05) is 0 Å². The Balaban J connectivity index is 1.66. The van der Waals surface area contributed by atoms with Gasteiger partial charge in [-0.1, -0.05) is 89.6 Å². The standard InChI is InChI=1S/C27H23N3OS/c1-18-8-12-20(13-9-18)17-32-27-29-24-23(21-6-4-3-5-7-21)16-28-25(24)26(31)30(27)22-14-10-19(2)11-15-22/h3-16,28H,17H2,1-2H3. The van der Waals surface area contributed by atoms with Gasteiger partial charge in [-0.25, -0.2) is 4.98 Å². The van der Waals surface area contributed by atoms with Gasteiger partial charge >= 0.3 is 0 Å². The molecule has 32 heavy (non-hydrogen) atoms. The molecule has 4 nitrogen and oxygen atoms in total. The highest BCUT2D eigenvalue weighted by Crippen LogP contribution is 2.30. The molecule has 0 aliphatic heterocycles. The summed E-state index contributed by atoms with van der Waals surface area (Å²) < 4.78 is 1.71. The van der Waals surface area contributed by atoms with E-state index in [9.17, 15) is 4.79 Å². The first-order valence-corrected chi connectivity index (χ1v) is 11.5. The third kappa shape index (κ3) is 3.87. The van der Waals surface area contributed by atoms with Crippen LogP contribution in [0.1, 0.15) is 16.7 Å². The predicted molar refractivity (Wildman–Crippen MR) is 133 cm³/mol. The van der Waals surface area contributed by atoms with E-state index in [-0.39, 0.29) is 5.56 Å². The van der Waals surface area contributed by atoms with Gasteiger partial charge in [0.05, 0.1) is 5.69 Å². The molecule has 0 spiro atoms. The Labute approximate surface area is 191 Å². The van der Waals surface area contributed by atoms with Gasteiger partial charge in [0.1, 0.15) is 11.0 Å². The second-order valence-electron chi connectivity index (χ2n) is 7.94. The first-order chi connectivity index (χ1) is 15.6. The molecule has 1 N–H and O–H groups in total. The van der Waals surface area contributed by atoms with Crippen molar-refractivity contribution in [1.29, 1.82) is 0 Å². The highest BCUT2D eigenvalue weighted by Gasteiger charge is 2.18. The van der Waals surface area contributed by atoms with E-state index in [0.717, 1.165) is 28.1 Å². The zero-order chi connectivity index (χ0) is 22.1. The number of nitrogens with zero attached hydrogens (tertiary/aromatic N) is 2. The fourth-order valence-electron chi connectivity index (χ4n) is 3.73. The molecule has 0 bridgehead atoms. The van der Waals surface area contributed by atoms with E-state index >= 15 is 0 Å². The molecule has 0 amide bonds. The average Bonchev–Trinajstić information content (AvgIpc) is 3.24. The molecule has 0 aliphatic rings. The van der Waals surface area contributed by atoms with Crippen LogP contribution in [0.25, 0.3) is 27.8 Å². The van der Waals surface area contributed by atoms with E-state index in [1.807, 2.05) is 67.7 Å². The van der Waals surface area contributed by atoms with Gasteiger partial charge in [0, 0.05) is 17.5 Å². The van der Waals surface area contributed by atoms with E-state index in [2.05, 4.69) is 36.2 Å². The molecule has 0 fully saturated rings. The van der Waals surface area contributed by atoms with Gasteiger partial charge in [-0.15, -0.1) is 0 Å². The minimum atomic E-state index is -0.0903. The minimum Gasteiger partial charge on any atom is -0.355 e. The number of H-pyrrole nitrogens is 1. The lowest BCUT2D eigenvalue weighted by Crippen LogP contribution is -2.21. The normalized spacial score (nSPS) is 11.2. The monoisotopic (exact) mass is 437 g/mol. The highest BCUT2D eigenvalue weighted by molar-refractivity contribution is 7.98. The lowest BCUT2D eigenvalue weighted by Gasteiger charge is -2.13. The summed E-state index contributed by atoms with van der Waals surface area (Å²) in [6, 6.07) is 26.5. The smallest absolute Gasteiger partial charge is 0.283 e. The van der Waals surface area contributed by atoms with Crippen LogP contribution in [-0.2, 0) is 5.75 Å². The Kier molecular flexibility index (Phi) is 5.41. The quantitative estimate of drug-likeness (QED) is 0.260. The van der Waals surface area contributed by atoms with Crippen molar-refractivity contribution in [3.63, 3.8) is 0 Å². The molecule has 0 aliphatic carbocycles. The molecule has 0 radical (unpaired) electrons. The molecule has 5 heteroatoms. The van der Waals surface area contributed by atoms with Gasteiger partial charge in [0.25, 0.3) is 5.56 Å². The summed E-state index contributed by atoms with van der Waals surface area (Å²) in [4.78, 5) is 21.8. The van der Waals surface area contributed by atoms with E-state index in [0.29, 0.717) is 16.2 Å². The van der Waals surface area contributed by atoms with Crippen LogP contribution < -0.4 is 5.56 Å². The SMILES string of the molecule is Cc1ccc(CSc2nc3c(-c4ccccc4)c[nH]c3c(=O)n2-c2ccc(C)cc2)cc1. The van der Waals surface area contributed by atoms with Crippen LogP contribution in [0.5, 0.6) is 0 Å². The van der Waals surface area contributed by atoms with Gasteiger partial charge < -0.3 is 4.98 Å². The molecular formula is C27H23N3OS. The third-order valence-electron chi connectivity index (χ3n) is 5.53. The van der Waals surface area contributed by atoms with Crippen molar-refractivity contribution >= 4 is 22.8 Å². The number of nitrogens with one attached hydrogen (secondary N) is 1. The molecule has 5 rings (SSSR count). The largest absolute Gasteiger partial charge is 0.355 e. The molecular weight excluding hydrogens is 414 g/mol. The summed E-state index contributed by atoms with van der Waals surface area (Å²) in [6.45, 7) is 4.12. The Morgan fingerprint density at radius 1 is 0.875 bits per heavy atom. The second kappa shape index (κ2) is 8.52. The Hall–Kier alpha value is -3.57. The highest BCUT2D eigenvalue weighted by atomic mass is 32.2. The molecule has 3 aromatic carbocycles. The lowest BCUT2D eigenvalue weighted by atomic mass is 10.1. The fourth-order valence-corrected chi connectivity index (χ4v) is 4.69. The topological polar surface area (TPSA) is 50.7 Å². The molecule has 2 aromatic heterocycles. The van der Waals surface area contributed by atoms with Crippen LogP contribution in [0.4, 0.5) is 0 Å². The number of hydrogen-bond donors (Lipinski definition) is 1. The van der Waals surface area contributed by atoms with Crippen molar-refractivity contribution in [1.82, 2.24) is 14.5 Å². The summed E-state index contributed by atoms with van der Waals surface area (Å²) in [5.74, 6) is 0.731. The molecule has 158 valence electrons. The number of rotatable bonds is 5. The first kappa shape index (κ1) is 20.3. The van der Waals surface area contributed by atoms with Gasteiger partial charge in [0.15, 0.2) is 5.16 Å². The second-order valence-corrected chi connectivity index (χ2v) is 8.88. The van der Waals surface area contributed by atoms with Crippen LogP contribution >= 0.6 is 11.8 Å². The maximum atomic E-state index is 13.6. The van der Waals surface area contributed by atoms with Crippen LogP contribution in [0, 0.1) is 13.8 Å². The summed E-state index contributed by atoms with van der Waals surface area (Å²) in [6.07, 6.45) is 1.88. The number of hydrogen-bond acceptors (Lipinski definition) is 3. The van der Waals surface area contributed by atoms with Crippen molar-refractivity contribution in [3.8, 4) is 16.8 Å². The summed E-state index contributed by atoms with van der Waals surface area (Å²) >= 11 is 1.58. The van der Waals surface area contributed by atoms with E-state index in [1.54, 1.807) is 16.3 Å². The summed E-state index contributed by atoms with van der Waals surface area (Å²) in [5, 5.41) is 0.684. The summed E-state index contributed by atoms with van der Waals surface area (Å²) in [7, 11) is 0. The minimum absolute atomic E-state index is 0.0903. The number of thioether (sulfide) groups is 1. The number of aromatic nitrogens is 3. The predicted octanol–water partition coefficient (Wildman–Crippen LogP) is 6.29. The molecule has 0 saturated carbocycles. The maximum absolute atomic E-state index is 13.6. The van der Waals surface area contributed by atoms with E-state index < -0.39 is 0 Å². The van der Waals surface area contributed by atoms with Gasteiger partial charge in [-0.05, 0) is 37.1 Å². The van der Waals surface area contributed by atoms with Crippen molar-refractivity contribution in [2.45, 2.75) is 24.8 Å². The zero-order valence-corrected chi connectivity index (χ0v) is 18.8. The fraction of sp³-hybridized carbons (Fsp3) is 0.111. The van der Waals surface area contributed by atoms with Crippen LogP contribution in [0.15, 0.2) is 95.0 Å². The summed E-state index contributed by atoms with van der Waals surface area (Å²) in [5.41, 5.74) is 7.50. The molecule has 0 unspecified atom stereocenters. The molecule has 5 aromatic rings. The van der Waals surface area contributed by atoms with Gasteiger partial charge in [-0.3, -0.25) is 9.36 Å². The van der Waals surface area contributed by atoms with Crippen LogP contribution in [0.3, 0.4) is 0 Å². The lowest BCUT2D eigenvalue weighted by molar-refractivity contribution is 0.818. The number of aromatic amines is 1. The van der Waals surface area contributed by atoms with Crippen molar-refractivity contribution in [2.24, 2.45) is 0 Å². The number of aryl methyl sites for hydroxylation is 2. The van der Waals surface area contributed by atoms with Crippen molar-refractivity contribution < 1.29 is 0 Å². The molecule has 0 saturated heterocycles. The Morgan fingerprint density at radius 3 is 2.22 bits per heavy atom. The number of benzene rings is 3. The average molecular weight is 438 g/mol. The first-order valence-electron chi connectivity index (χ1n) is 10.5. The Morgan fingerprint density at radius 2 is 1.53 bits per heavy atom. The molecule has 2 heterocycles.